The molecule has 22 heavy (non-hydrogen) atoms. The van der Waals surface area contributed by atoms with Gasteiger partial charge < -0.3 is 9.84 Å². The van der Waals surface area contributed by atoms with E-state index in [1.165, 1.54) is 11.8 Å². The Morgan fingerprint density at radius 1 is 1.36 bits per heavy atom. The van der Waals surface area contributed by atoms with Gasteiger partial charge in [-0.2, -0.15) is 0 Å². The maximum Gasteiger partial charge on any atom is 0.244 e. The van der Waals surface area contributed by atoms with Crippen molar-refractivity contribution in [1.29, 1.82) is 0 Å². The molecule has 6 nitrogen and oxygen atoms in total. The molecule has 0 aliphatic heterocycles. The largest absolute Gasteiger partial charge is 0.360 e. The van der Waals surface area contributed by atoms with Gasteiger partial charge in [0.25, 0.3) is 0 Å². The van der Waals surface area contributed by atoms with Crippen molar-refractivity contribution in [3.63, 3.8) is 0 Å². The molecule has 7 heteroatoms. The molecule has 0 fully saturated rings. The van der Waals surface area contributed by atoms with Gasteiger partial charge >= 0.3 is 0 Å². The Bertz CT molecular complexity index is 712. The van der Waals surface area contributed by atoms with Gasteiger partial charge in [0.2, 0.25) is 11.8 Å². The SMILES string of the molecule is CC(=O)N(CC(=O)Nc1cccc(Cl)c1C)c1cc(C)on1. The van der Waals surface area contributed by atoms with Crippen molar-refractivity contribution >= 4 is 34.9 Å². The van der Waals surface area contributed by atoms with Crippen LogP contribution in [0.5, 0.6) is 0 Å². The van der Waals surface area contributed by atoms with E-state index in [1.807, 2.05) is 6.92 Å². The van der Waals surface area contributed by atoms with Gasteiger partial charge in [0.1, 0.15) is 12.3 Å². The minimum Gasteiger partial charge on any atom is -0.360 e. The van der Waals surface area contributed by atoms with E-state index in [1.54, 1.807) is 31.2 Å². The first-order valence-electron chi connectivity index (χ1n) is 6.65. The Morgan fingerprint density at radius 3 is 2.68 bits per heavy atom. The lowest BCUT2D eigenvalue weighted by atomic mass is 10.2. The Morgan fingerprint density at radius 2 is 2.09 bits per heavy atom. The van der Waals surface area contributed by atoms with Crippen LogP contribution >= 0.6 is 11.6 Å². The fourth-order valence-electron chi connectivity index (χ4n) is 1.91. The van der Waals surface area contributed by atoms with Gasteiger partial charge in [-0.05, 0) is 31.5 Å². The average molecular weight is 322 g/mol. The molecule has 0 aliphatic rings. The fourth-order valence-corrected chi connectivity index (χ4v) is 2.08. The van der Waals surface area contributed by atoms with Crippen LogP contribution in [0.1, 0.15) is 18.2 Å². The van der Waals surface area contributed by atoms with E-state index in [0.717, 1.165) is 5.56 Å². The van der Waals surface area contributed by atoms with Crippen molar-refractivity contribution in [2.24, 2.45) is 0 Å². The molecule has 0 bridgehead atoms. The second-order valence-electron chi connectivity index (χ2n) is 4.86. The third-order valence-corrected chi connectivity index (χ3v) is 3.53. The predicted molar refractivity (Wildman–Crippen MR) is 84.1 cm³/mol. The van der Waals surface area contributed by atoms with E-state index < -0.39 is 0 Å². The zero-order valence-electron chi connectivity index (χ0n) is 12.5. The van der Waals surface area contributed by atoms with Gasteiger partial charge in [0.05, 0.1) is 0 Å². The Hall–Kier alpha value is -2.34. The van der Waals surface area contributed by atoms with Crippen molar-refractivity contribution in [3.05, 3.63) is 40.6 Å². The van der Waals surface area contributed by atoms with Crippen LogP contribution in [0, 0.1) is 13.8 Å². The number of hydrogen-bond acceptors (Lipinski definition) is 4. The summed E-state index contributed by atoms with van der Waals surface area (Å²) in [6.45, 7) is 4.72. The minimum absolute atomic E-state index is 0.159. The highest BCUT2D eigenvalue weighted by Crippen LogP contribution is 2.23. The molecule has 0 spiro atoms. The lowest BCUT2D eigenvalue weighted by Crippen LogP contribution is -2.37. The summed E-state index contributed by atoms with van der Waals surface area (Å²) < 4.78 is 4.94. The molecule has 0 unspecified atom stereocenters. The molecule has 116 valence electrons. The molecule has 2 amide bonds. The van der Waals surface area contributed by atoms with Crippen LogP contribution < -0.4 is 10.2 Å². The van der Waals surface area contributed by atoms with E-state index in [0.29, 0.717) is 22.3 Å². The lowest BCUT2D eigenvalue weighted by molar-refractivity contribution is -0.120. The maximum atomic E-state index is 12.2. The van der Waals surface area contributed by atoms with Gasteiger partial charge in [-0.1, -0.05) is 22.8 Å². The van der Waals surface area contributed by atoms with Crippen LogP contribution in [-0.4, -0.2) is 23.5 Å². The molecule has 1 heterocycles. The molecule has 1 aromatic heterocycles. The molecule has 0 saturated carbocycles. The zero-order valence-corrected chi connectivity index (χ0v) is 13.3. The van der Waals surface area contributed by atoms with E-state index in [9.17, 15) is 9.59 Å². The van der Waals surface area contributed by atoms with Crippen LogP contribution in [0.4, 0.5) is 11.5 Å². The Kier molecular flexibility index (Phi) is 4.82. The standard InChI is InChI=1S/C15H16ClN3O3/c1-9-7-14(18-22-9)19(11(3)20)8-15(21)17-13-6-4-5-12(16)10(13)2/h4-7H,8H2,1-3H3,(H,17,21). The van der Waals surface area contributed by atoms with Crippen molar-refractivity contribution in [2.45, 2.75) is 20.8 Å². The van der Waals surface area contributed by atoms with Crippen molar-refractivity contribution in [2.75, 3.05) is 16.8 Å². The first-order valence-corrected chi connectivity index (χ1v) is 7.02. The normalized spacial score (nSPS) is 10.4. The highest BCUT2D eigenvalue weighted by molar-refractivity contribution is 6.31. The number of carbonyl (C=O) groups is 2. The van der Waals surface area contributed by atoms with Crippen molar-refractivity contribution < 1.29 is 14.1 Å². The number of anilines is 2. The van der Waals surface area contributed by atoms with Crippen molar-refractivity contribution in [3.8, 4) is 0 Å². The Balaban J connectivity index is 2.12. The van der Waals surface area contributed by atoms with Gasteiger partial charge in [0.15, 0.2) is 5.82 Å². The third-order valence-electron chi connectivity index (χ3n) is 3.12. The molecule has 0 radical (unpaired) electrons. The number of aromatic nitrogens is 1. The number of hydrogen-bond donors (Lipinski definition) is 1. The second kappa shape index (κ2) is 6.62. The second-order valence-corrected chi connectivity index (χ2v) is 5.27. The number of aryl methyl sites for hydroxylation is 1. The fraction of sp³-hybridized carbons (Fsp3) is 0.267. The monoisotopic (exact) mass is 321 g/mol. The first kappa shape index (κ1) is 16.0. The quantitative estimate of drug-likeness (QED) is 0.939. The highest BCUT2D eigenvalue weighted by atomic mass is 35.5. The van der Waals surface area contributed by atoms with Crippen LogP contribution in [0.3, 0.4) is 0 Å². The third kappa shape index (κ3) is 3.65. The average Bonchev–Trinajstić information content (AvgIpc) is 2.87. The summed E-state index contributed by atoms with van der Waals surface area (Å²) in [5.41, 5.74) is 1.38. The van der Waals surface area contributed by atoms with Gasteiger partial charge in [-0.25, -0.2) is 0 Å². The molecule has 1 N–H and O–H groups in total. The topological polar surface area (TPSA) is 75.4 Å². The summed E-state index contributed by atoms with van der Waals surface area (Å²) in [6, 6.07) is 6.83. The first-order chi connectivity index (χ1) is 10.4. The van der Waals surface area contributed by atoms with Crippen molar-refractivity contribution in [1.82, 2.24) is 5.16 Å². The number of nitrogens with one attached hydrogen (secondary N) is 1. The minimum atomic E-state index is -0.346. The molecule has 2 rings (SSSR count). The highest BCUT2D eigenvalue weighted by Gasteiger charge is 2.19. The predicted octanol–water partition coefficient (Wildman–Crippen LogP) is 2.94. The van der Waals surface area contributed by atoms with Gasteiger partial charge in [-0.15, -0.1) is 0 Å². The van der Waals surface area contributed by atoms with Crippen LogP contribution in [-0.2, 0) is 9.59 Å². The van der Waals surface area contributed by atoms with E-state index in [2.05, 4.69) is 10.5 Å². The van der Waals surface area contributed by atoms with Gasteiger partial charge in [0, 0.05) is 23.7 Å². The molecule has 1 aromatic carbocycles. The van der Waals surface area contributed by atoms with Gasteiger partial charge in [-0.3, -0.25) is 14.5 Å². The van der Waals surface area contributed by atoms with Crippen LogP contribution in [0.25, 0.3) is 0 Å². The number of amides is 2. The molecule has 0 saturated heterocycles. The number of nitrogens with zero attached hydrogens (tertiary/aromatic N) is 2. The smallest absolute Gasteiger partial charge is 0.244 e. The van der Waals surface area contributed by atoms with E-state index >= 15 is 0 Å². The van der Waals surface area contributed by atoms with Crippen LogP contribution in [0.15, 0.2) is 28.8 Å². The summed E-state index contributed by atoms with van der Waals surface area (Å²) in [5, 5.41) is 7.06. The summed E-state index contributed by atoms with van der Waals surface area (Å²) in [4.78, 5) is 25.1. The summed E-state index contributed by atoms with van der Waals surface area (Å²) in [5.74, 6) is 0.225. The number of benzene rings is 1. The number of rotatable bonds is 4. The summed E-state index contributed by atoms with van der Waals surface area (Å²) >= 11 is 6.01. The molecule has 0 atom stereocenters. The molecular weight excluding hydrogens is 306 g/mol. The zero-order chi connectivity index (χ0) is 16.3. The Labute approximate surface area is 133 Å². The number of halogens is 1. The van der Waals surface area contributed by atoms with E-state index in [4.69, 9.17) is 16.1 Å². The number of carbonyl (C=O) groups excluding carboxylic acids is 2. The van der Waals surface area contributed by atoms with E-state index in [-0.39, 0.29) is 18.4 Å². The maximum absolute atomic E-state index is 12.2. The lowest BCUT2D eigenvalue weighted by Gasteiger charge is -2.17. The molecular formula is C15H16ClN3O3. The summed E-state index contributed by atoms with van der Waals surface area (Å²) in [6.07, 6.45) is 0. The summed E-state index contributed by atoms with van der Waals surface area (Å²) in [7, 11) is 0. The molecule has 0 aliphatic carbocycles. The van der Waals surface area contributed by atoms with Crippen LogP contribution in [0.2, 0.25) is 5.02 Å². The molecule has 2 aromatic rings.